The number of nitrogens with one attached hydrogen (secondary N) is 3. The number of hydrogen-bond acceptors (Lipinski definition) is 6. The van der Waals surface area contributed by atoms with Crippen molar-refractivity contribution in [1.82, 2.24) is 10.6 Å². The summed E-state index contributed by atoms with van der Waals surface area (Å²) in [5.74, 6) is -1.57. The van der Waals surface area contributed by atoms with E-state index in [1.165, 1.54) is 13.2 Å². The lowest BCUT2D eigenvalue weighted by atomic mass is 10.1. The molecule has 186 valence electrons. The first kappa shape index (κ1) is 26.0. The van der Waals surface area contributed by atoms with Gasteiger partial charge in [-0.15, -0.1) is 0 Å². The Balaban J connectivity index is 1.67. The Bertz CT molecular complexity index is 1180. The molecule has 0 aliphatic rings. The fourth-order valence-corrected chi connectivity index (χ4v) is 3.26. The van der Waals surface area contributed by atoms with Gasteiger partial charge in [0, 0.05) is 17.7 Å². The van der Waals surface area contributed by atoms with E-state index in [1.807, 2.05) is 60.7 Å². The fraction of sp³-hybridized carbons (Fsp3) is 0.185. The lowest BCUT2D eigenvalue weighted by molar-refractivity contribution is -0.139. The maximum absolute atomic E-state index is 13.1. The highest BCUT2D eigenvalue weighted by atomic mass is 16.5. The number of carbonyl (C=O) groups excluding carboxylic acids is 4. The van der Waals surface area contributed by atoms with Gasteiger partial charge in [-0.25, -0.2) is 4.79 Å². The summed E-state index contributed by atoms with van der Waals surface area (Å²) in [6.45, 7) is -0.213. The number of esters is 1. The predicted molar refractivity (Wildman–Crippen MR) is 133 cm³/mol. The smallest absolute Gasteiger partial charge is 0.408 e. The standard InChI is InChI=1S/C27H27N3O6/c1-35-24(31)17-28-25(32)21-13-8-14-22(16-21)29-26(33)23(15-19-9-4-2-5-10-19)30-27(34)36-18-20-11-6-3-7-12-20/h2-14,16,23H,15,17-18H2,1H3,(H,28,32)(H,29,33)(H,30,34)/t23-/m0/s1. The van der Waals surface area contributed by atoms with Gasteiger partial charge in [0.2, 0.25) is 5.91 Å². The minimum Gasteiger partial charge on any atom is -0.468 e. The topological polar surface area (TPSA) is 123 Å². The Morgan fingerprint density at radius 3 is 2.17 bits per heavy atom. The van der Waals surface area contributed by atoms with Crippen LogP contribution in [0.5, 0.6) is 0 Å². The molecule has 3 N–H and O–H groups in total. The van der Waals surface area contributed by atoms with Gasteiger partial charge in [0.05, 0.1) is 7.11 Å². The molecule has 0 heterocycles. The van der Waals surface area contributed by atoms with E-state index in [0.29, 0.717) is 5.69 Å². The highest BCUT2D eigenvalue weighted by Gasteiger charge is 2.22. The number of alkyl carbamates (subject to hydrolysis) is 1. The van der Waals surface area contributed by atoms with Crippen molar-refractivity contribution in [1.29, 1.82) is 0 Å². The summed E-state index contributed by atoms with van der Waals surface area (Å²) in [6, 6.07) is 23.7. The van der Waals surface area contributed by atoms with Crippen molar-refractivity contribution in [3.8, 4) is 0 Å². The monoisotopic (exact) mass is 489 g/mol. The average Bonchev–Trinajstić information content (AvgIpc) is 2.91. The van der Waals surface area contributed by atoms with Crippen molar-refractivity contribution in [2.24, 2.45) is 0 Å². The molecule has 0 aliphatic carbocycles. The number of ether oxygens (including phenoxy) is 2. The van der Waals surface area contributed by atoms with E-state index in [2.05, 4.69) is 20.7 Å². The van der Waals surface area contributed by atoms with Crippen LogP contribution in [0, 0.1) is 0 Å². The molecule has 3 aromatic rings. The van der Waals surface area contributed by atoms with Crippen molar-refractivity contribution in [3.05, 3.63) is 102 Å². The molecular formula is C27H27N3O6. The molecule has 3 rings (SSSR count). The number of rotatable bonds is 10. The largest absolute Gasteiger partial charge is 0.468 e. The number of methoxy groups -OCH3 is 1. The quantitative estimate of drug-likeness (QED) is 0.376. The zero-order chi connectivity index (χ0) is 25.8. The molecule has 9 nitrogen and oxygen atoms in total. The van der Waals surface area contributed by atoms with Gasteiger partial charge in [0.15, 0.2) is 0 Å². The van der Waals surface area contributed by atoms with Crippen molar-refractivity contribution >= 4 is 29.6 Å². The molecule has 0 bridgehead atoms. The van der Waals surface area contributed by atoms with E-state index >= 15 is 0 Å². The molecule has 0 fully saturated rings. The SMILES string of the molecule is COC(=O)CNC(=O)c1cccc(NC(=O)[C@H](Cc2ccccc2)NC(=O)OCc2ccccc2)c1. The van der Waals surface area contributed by atoms with Crippen LogP contribution in [0.1, 0.15) is 21.5 Å². The van der Waals surface area contributed by atoms with Gasteiger partial charge >= 0.3 is 12.1 Å². The van der Waals surface area contributed by atoms with Crippen molar-refractivity contribution in [3.63, 3.8) is 0 Å². The lowest BCUT2D eigenvalue weighted by Gasteiger charge is -2.19. The summed E-state index contributed by atoms with van der Waals surface area (Å²) < 4.78 is 9.79. The number of hydrogen-bond donors (Lipinski definition) is 3. The maximum atomic E-state index is 13.1. The minimum atomic E-state index is -0.938. The van der Waals surface area contributed by atoms with Gasteiger partial charge in [-0.2, -0.15) is 0 Å². The molecule has 0 aromatic heterocycles. The van der Waals surface area contributed by atoms with Crippen LogP contribution in [-0.4, -0.2) is 43.6 Å². The average molecular weight is 490 g/mol. The van der Waals surface area contributed by atoms with Crippen LogP contribution in [0.3, 0.4) is 0 Å². The zero-order valence-electron chi connectivity index (χ0n) is 19.7. The second kappa shape index (κ2) is 13.3. The van der Waals surface area contributed by atoms with Crippen LogP contribution in [0.15, 0.2) is 84.9 Å². The Labute approximate surface area is 208 Å². The van der Waals surface area contributed by atoms with Crippen LogP contribution in [0.4, 0.5) is 10.5 Å². The van der Waals surface area contributed by atoms with Gasteiger partial charge in [-0.1, -0.05) is 66.7 Å². The molecule has 0 saturated heterocycles. The van der Waals surface area contributed by atoms with Gasteiger partial charge in [-0.3, -0.25) is 14.4 Å². The summed E-state index contributed by atoms with van der Waals surface area (Å²) in [5, 5.41) is 7.80. The van der Waals surface area contributed by atoms with Crippen molar-refractivity contribution in [2.45, 2.75) is 19.1 Å². The second-order valence-corrected chi connectivity index (χ2v) is 7.78. The van der Waals surface area contributed by atoms with E-state index in [-0.39, 0.29) is 25.1 Å². The molecule has 0 aliphatic heterocycles. The molecule has 3 amide bonds. The fourth-order valence-electron chi connectivity index (χ4n) is 3.26. The van der Waals surface area contributed by atoms with E-state index in [9.17, 15) is 19.2 Å². The van der Waals surface area contributed by atoms with Crippen LogP contribution >= 0.6 is 0 Å². The molecule has 36 heavy (non-hydrogen) atoms. The first-order valence-electron chi connectivity index (χ1n) is 11.2. The van der Waals surface area contributed by atoms with Crippen LogP contribution < -0.4 is 16.0 Å². The molecule has 9 heteroatoms. The molecule has 0 unspecified atom stereocenters. The first-order chi connectivity index (χ1) is 17.4. The molecular weight excluding hydrogens is 462 g/mol. The Hall–Kier alpha value is -4.66. The number of amides is 3. The number of benzene rings is 3. The van der Waals surface area contributed by atoms with E-state index in [4.69, 9.17) is 4.74 Å². The van der Waals surface area contributed by atoms with E-state index in [0.717, 1.165) is 11.1 Å². The van der Waals surface area contributed by atoms with Crippen molar-refractivity contribution in [2.75, 3.05) is 19.0 Å². The third kappa shape index (κ3) is 8.28. The summed E-state index contributed by atoms with van der Waals surface area (Å²) in [4.78, 5) is 49.2. The van der Waals surface area contributed by atoms with Gasteiger partial charge in [-0.05, 0) is 29.3 Å². The molecule has 0 radical (unpaired) electrons. The van der Waals surface area contributed by atoms with Gasteiger partial charge < -0.3 is 25.4 Å². The summed E-state index contributed by atoms with van der Waals surface area (Å²) in [7, 11) is 1.22. The van der Waals surface area contributed by atoms with E-state index < -0.39 is 29.9 Å². The van der Waals surface area contributed by atoms with E-state index in [1.54, 1.807) is 18.2 Å². The summed E-state index contributed by atoms with van der Waals surface area (Å²) in [5.41, 5.74) is 2.26. The predicted octanol–water partition coefficient (Wildman–Crippen LogP) is 3.07. The highest BCUT2D eigenvalue weighted by molar-refractivity contribution is 6.00. The maximum Gasteiger partial charge on any atom is 0.408 e. The minimum absolute atomic E-state index is 0.0646. The van der Waals surface area contributed by atoms with Crippen LogP contribution in [0.2, 0.25) is 0 Å². The van der Waals surface area contributed by atoms with Crippen molar-refractivity contribution < 1.29 is 28.7 Å². The first-order valence-corrected chi connectivity index (χ1v) is 11.2. The van der Waals surface area contributed by atoms with Crippen LogP contribution in [-0.2, 0) is 32.1 Å². The second-order valence-electron chi connectivity index (χ2n) is 7.78. The lowest BCUT2D eigenvalue weighted by Crippen LogP contribution is -2.45. The Kier molecular flexibility index (Phi) is 9.58. The van der Waals surface area contributed by atoms with Gasteiger partial charge in [0.1, 0.15) is 19.2 Å². The highest BCUT2D eigenvalue weighted by Crippen LogP contribution is 2.13. The van der Waals surface area contributed by atoms with Gasteiger partial charge in [0.25, 0.3) is 5.91 Å². The molecule has 0 saturated carbocycles. The Morgan fingerprint density at radius 2 is 1.50 bits per heavy atom. The van der Waals surface area contributed by atoms with Crippen LogP contribution in [0.25, 0.3) is 0 Å². The third-order valence-electron chi connectivity index (χ3n) is 5.12. The third-order valence-corrected chi connectivity index (χ3v) is 5.12. The number of anilines is 1. The summed E-state index contributed by atoms with van der Waals surface area (Å²) in [6.07, 6.45) is -0.502. The molecule has 1 atom stereocenters. The normalized spacial score (nSPS) is 11.0. The Morgan fingerprint density at radius 1 is 0.833 bits per heavy atom. The molecule has 0 spiro atoms. The zero-order valence-corrected chi connectivity index (χ0v) is 19.7. The summed E-state index contributed by atoms with van der Waals surface area (Å²) >= 11 is 0. The molecule has 3 aromatic carbocycles. The number of carbonyl (C=O) groups is 4.